The number of likely N-dealkylation sites (N-methyl/N-ethyl adjacent to an activating group) is 1. The van der Waals surface area contributed by atoms with Crippen LogP contribution in [0.3, 0.4) is 0 Å². The minimum absolute atomic E-state index is 0.0332. The molecule has 0 unspecified atom stereocenters. The Kier molecular flexibility index (Phi) is 5.41. The van der Waals surface area contributed by atoms with Gasteiger partial charge in [0.25, 0.3) is 0 Å². The van der Waals surface area contributed by atoms with E-state index >= 15 is 0 Å². The molecule has 1 fully saturated rings. The van der Waals surface area contributed by atoms with Gasteiger partial charge in [-0.2, -0.15) is 0 Å². The summed E-state index contributed by atoms with van der Waals surface area (Å²) in [5, 5.41) is 2.66. The Balaban J connectivity index is 2.04. The summed E-state index contributed by atoms with van der Waals surface area (Å²) in [6.07, 6.45) is 3.07. The number of hydrogen-bond acceptors (Lipinski definition) is 3. The number of carbonyl (C=O) groups is 2. The van der Waals surface area contributed by atoms with E-state index in [-0.39, 0.29) is 17.9 Å². The number of amides is 2. The molecule has 1 aromatic rings. The largest absolute Gasteiger partial charge is 0.378 e. The van der Waals surface area contributed by atoms with Crippen LogP contribution in [0.25, 0.3) is 0 Å². The summed E-state index contributed by atoms with van der Waals surface area (Å²) in [7, 11) is 5.60. The van der Waals surface area contributed by atoms with Crippen LogP contribution in [0.5, 0.6) is 0 Å². The Labute approximate surface area is 132 Å². The van der Waals surface area contributed by atoms with Gasteiger partial charge in [-0.15, -0.1) is 0 Å². The second-order valence-electron chi connectivity index (χ2n) is 5.95. The third-order valence-corrected chi connectivity index (χ3v) is 4.18. The average molecular weight is 303 g/mol. The van der Waals surface area contributed by atoms with E-state index in [0.29, 0.717) is 13.0 Å². The fourth-order valence-corrected chi connectivity index (χ4v) is 2.86. The van der Waals surface area contributed by atoms with Crippen molar-refractivity contribution in [3.05, 3.63) is 29.8 Å². The number of rotatable bonds is 4. The first-order valence-corrected chi connectivity index (χ1v) is 7.80. The molecule has 1 aliphatic rings. The SMILES string of the molecule is CNC(=O)[C@H]1CCCCN1C(=O)Cc1ccc(N(C)C)cc1. The Hall–Kier alpha value is -2.04. The topological polar surface area (TPSA) is 52.7 Å². The van der Waals surface area contributed by atoms with Gasteiger partial charge in [0, 0.05) is 33.4 Å². The van der Waals surface area contributed by atoms with Crippen LogP contribution in [0.1, 0.15) is 24.8 Å². The van der Waals surface area contributed by atoms with Crippen LogP contribution in [-0.4, -0.2) is 50.4 Å². The quantitative estimate of drug-likeness (QED) is 0.915. The lowest BCUT2D eigenvalue weighted by Gasteiger charge is -2.34. The third-order valence-electron chi connectivity index (χ3n) is 4.18. The van der Waals surface area contributed by atoms with Gasteiger partial charge in [0.2, 0.25) is 11.8 Å². The summed E-state index contributed by atoms with van der Waals surface area (Å²) in [6.45, 7) is 0.673. The molecule has 2 rings (SSSR count). The molecule has 1 heterocycles. The van der Waals surface area contributed by atoms with Crippen molar-refractivity contribution >= 4 is 17.5 Å². The van der Waals surface area contributed by atoms with Crippen LogP contribution in [-0.2, 0) is 16.0 Å². The molecule has 0 bridgehead atoms. The van der Waals surface area contributed by atoms with Gasteiger partial charge in [-0.05, 0) is 37.0 Å². The number of nitrogens with one attached hydrogen (secondary N) is 1. The first-order valence-electron chi connectivity index (χ1n) is 7.80. The molecule has 120 valence electrons. The lowest BCUT2D eigenvalue weighted by Crippen LogP contribution is -2.51. The summed E-state index contributed by atoms with van der Waals surface area (Å²) in [4.78, 5) is 28.3. The van der Waals surface area contributed by atoms with E-state index in [1.165, 1.54) is 0 Å². The van der Waals surface area contributed by atoms with E-state index in [1.807, 2.05) is 43.3 Å². The zero-order chi connectivity index (χ0) is 16.1. The third kappa shape index (κ3) is 3.78. The molecule has 5 nitrogen and oxygen atoms in total. The molecule has 2 amide bonds. The summed E-state index contributed by atoms with van der Waals surface area (Å²) >= 11 is 0. The first-order chi connectivity index (χ1) is 10.5. The Morgan fingerprint density at radius 1 is 1.23 bits per heavy atom. The molecular weight excluding hydrogens is 278 g/mol. The molecule has 22 heavy (non-hydrogen) atoms. The molecule has 1 aliphatic heterocycles. The molecule has 1 atom stereocenters. The minimum Gasteiger partial charge on any atom is -0.378 e. The number of benzene rings is 1. The standard InChI is InChI=1S/C17H25N3O2/c1-18-17(22)15-6-4-5-11-20(15)16(21)12-13-7-9-14(10-8-13)19(2)3/h7-10,15H,4-6,11-12H2,1-3H3,(H,18,22)/t15-/m1/s1. The number of nitrogens with zero attached hydrogens (tertiary/aromatic N) is 2. The van der Waals surface area contributed by atoms with Gasteiger partial charge in [0.05, 0.1) is 6.42 Å². The predicted octanol–water partition coefficient (Wildman–Crippen LogP) is 1.42. The number of piperidine rings is 1. The van der Waals surface area contributed by atoms with E-state index in [9.17, 15) is 9.59 Å². The smallest absolute Gasteiger partial charge is 0.242 e. The molecule has 5 heteroatoms. The Bertz CT molecular complexity index is 525. The van der Waals surface area contributed by atoms with Gasteiger partial charge < -0.3 is 15.1 Å². The summed E-state index contributed by atoms with van der Waals surface area (Å²) in [5.41, 5.74) is 2.09. The number of hydrogen-bond donors (Lipinski definition) is 1. The van der Waals surface area contributed by atoms with Gasteiger partial charge in [-0.3, -0.25) is 9.59 Å². The van der Waals surface area contributed by atoms with E-state index in [0.717, 1.165) is 30.5 Å². The van der Waals surface area contributed by atoms with E-state index < -0.39 is 0 Å². The van der Waals surface area contributed by atoms with Crippen molar-refractivity contribution in [2.24, 2.45) is 0 Å². The normalized spacial score (nSPS) is 18.0. The Morgan fingerprint density at radius 2 is 1.91 bits per heavy atom. The van der Waals surface area contributed by atoms with Gasteiger partial charge in [-0.1, -0.05) is 12.1 Å². The van der Waals surface area contributed by atoms with Crippen molar-refractivity contribution in [1.82, 2.24) is 10.2 Å². The predicted molar refractivity (Wildman–Crippen MR) is 87.9 cm³/mol. The van der Waals surface area contributed by atoms with Crippen LogP contribution in [0.4, 0.5) is 5.69 Å². The van der Waals surface area contributed by atoms with Gasteiger partial charge in [-0.25, -0.2) is 0 Å². The van der Waals surface area contributed by atoms with Crippen molar-refractivity contribution in [3.8, 4) is 0 Å². The van der Waals surface area contributed by atoms with Gasteiger partial charge in [0.15, 0.2) is 0 Å². The zero-order valence-electron chi connectivity index (χ0n) is 13.6. The molecule has 1 aromatic carbocycles. The van der Waals surface area contributed by atoms with Gasteiger partial charge >= 0.3 is 0 Å². The average Bonchev–Trinajstić information content (AvgIpc) is 2.54. The van der Waals surface area contributed by atoms with Crippen molar-refractivity contribution < 1.29 is 9.59 Å². The van der Waals surface area contributed by atoms with Crippen LogP contribution in [0.15, 0.2) is 24.3 Å². The fraction of sp³-hybridized carbons (Fsp3) is 0.529. The summed E-state index contributed by atoms with van der Waals surface area (Å²) in [5.74, 6) is -0.0260. The first kappa shape index (κ1) is 16.3. The number of likely N-dealkylation sites (tertiary alicyclic amines) is 1. The molecule has 0 radical (unpaired) electrons. The molecule has 0 aliphatic carbocycles. The second-order valence-corrected chi connectivity index (χ2v) is 5.95. The highest BCUT2D eigenvalue weighted by Crippen LogP contribution is 2.19. The molecule has 0 saturated carbocycles. The van der Waals surface area contributed by atoms with Crippen molar-refractivity contribution in [2.75, 3.05) is 32.6 Å². The molecule has 0 spiro atoms. The lowest BCUT2D eigenvalue weighted by molar-refractivity contribution is -0.141. The minimum atomic E-state index is -0.313. The molecular formula is C17H25N3O2. The number of carbonyl (C=O) groups excluding carboxylic acids is 2. The summed E-state index contributed by atoms with van der Waals surface area (Å²) in [6, 6.07) is 7.66. The van der Waals surface area contributed by atoms with Crippen LogP contribution >= 0.6 is 0 Å². The van der Waals surface area contributed by atoms with E-state index in [4.69, 9.17) is 0 Å². The maximum atomic E-state index is 12.6. The highest BCUT2D eigenvalue weighted by Gasteiger charge is 2.31. The fourth-order valence-electron chi connectivity index (χ4n) is 2.86. The highest BCUT2D eigenvalue weighted by atomic mass is 16.2. The monoisotopic (exact) mass is 303 g/mol. The molecule has 0 aromatic heterocycles. The maximum Gasteiger partial charge on any atom is 0.242 e. The van der Waals surface area contributed by atoms with Crippen molar-refractivity contribution in [3.63, 3.8) is 0 Å². The van der Waals surface area contributed by atoms with E-state index in [2.05, 4.69) is 5.32 Å². The lowest BCUT2D eigenvalue weighted by atomic mass is 10.00. The highest BCUT2D eigenvalue weighted by molar-refractivity contribution is 5.88. The molecule has 1 N–H and O–H groups in total. The van der Waals surface area contributed by atoms with E-state index in [1.54, 1.807) is 11.9 Å². The van der Waals surface area contributed by atoms with Crippen molar-refractivity contribution in [1.29, 1.82) is 0 Å². The second kappa shape index (κ2) is 7.29. The number of anilines is 1. The van der Waals surface area contributed by atoms with Crippen LogP contribution < -0.4 is 10.2 Å². The van der Waals surface area contributed by atoms with Crippen molar-refractivity contribution in [2.45, 2.75) is 31.7 Å². The van der Waals surface area contributed by atoms with Crippen LogP contribution in [0, 0.1) is 0 Å². The van der Waals surface area contributed by atoms with Gasteiger partial charge in [0.1, 0.15) is 6.04 Å². The molecule has 1 saturated heterocycles. The Morgan fingerprint density at radius 3 is 2.50 bits per heavy atom. The maximum absolute atomic E-state index is 12.6. The zero-order valence-corrected chi connectivity index (χ0v) is 13.6. The van der Waals surface area contributed by atoms with Crippen LogP contribution in [0.2, 0.25) is 0 Å². The summed E-state index contributed by atoms with van der Waals surface area (Å²) < 4.78 is 0.